The fourth-order valence-corrected chi connectivity index (χ4v) is 5.39. The van der Waals surface area contributed by atoms with Gasteiger partial charge in [0, 0.05) is 31.1 Å². The molecule has 0 saturated heterocycles. The Morgan fingerprint density at radius 2 is 1.77 bits per heavy atom. The summed E-state index contributed by atoms with van der Waals surface area (Å²) in [6.45, 7) is 4.20. The van der Waals surface area contributed by atoms with Crippen molar-refractivity contribution >= 4 is 68.1 Å². The highest BCUT2D eigenvalue weighted by Gasteiger charge is 2.14. The van der Waals surface area contributed by atoms with Crippen LogP contribution in [0.25, 0.3) is 10.2 Å². The molecule has 22 heavy (non-hydrogen) atoms. The van der Waals surface area contributed by atoms with E-state index in [4.69, 9.17) is 34.8 Å². The van der Waals surface area contributed by atoms with Gasteiger partial charge in [-0.1, -0.05) is 34.8 Å². The number of hydrogen-bond donors (Lipinski definition) is 0. The number of hydrogen-bond acceptors (Lipinski definition) is 4. The van der Waals surface area contributed by atoms with Crippen molar-refractivity contribution in [1.82, 2.24) is 9.97 Å². The van der Waals surface area contributed by atoms with Crippen LogP contribution in [0.4, 0.5) is 0 Å². The summed E-state index contributed by atoms with van der Waals surface area (Å²) in [7, 11) is 0. The third kappa shape index (κ3) is 3.08. The molecule has 1 aromatic carbocycles. The standard InChI is InChI=1S/C15H11Cl3N2S2/c1-7-8(2)22-15-13(7)14(19-6-20-15)21-5-10-11(17)3-9(16)4-12(10)18/h3-4,6H,5H2,1-2H3. The average molecular weight is 390 g/mol. The molecule has 0 fully saturated rings. The Bertz CT molecular complexity index is 838. The minimum absolute atomic E-state index is 0.539. The Morgan fingerprint density at radius 3 is 2.45 bits per heavy atom. The van der Waals surface area contributed by atoms with E-state index in [1.807, 2.05) is 0 Å². The largest absolute Gasteiger partial charge is 0.229 e. The van der Waals surface area contributed by atoms with Crippen LogP contribution in [-0.2, 0) is 5.75 Å². The molecule has 0 saturated carbocycles. The van der Waals surface area contributed by atoms with E-state index < -0.39 is 0 Å². The zero-order chi connectivity index (χ0) is 15.9. The fourth-order valence-electron chi connectivity index (χ4n) is 2.11. The van der Waals surface area contributed by atoms with Gasteiger partial charge in [-0.3, -0.25) is 0 Å². The van der Waals surface area contributed by atoms with E-state index >= 15 is 0 Å². The molecule has 0 N–H and O–H groups in total. The van der Waals surface area contributed by atoms with E-state index in [1.54, 1.807) is 41.6 Å². The number of thiophene rings is 1. The first-order valence-corrected chi connectivity index (χ1v) is 9.38. The number of halogens is 3. The predicted octanol–water partition coefficient (Wildman–Crippen LogP) is 6.56. The summed E-state index contributed by atoms with van der Waals surface area (Å²) in [6.07, 6.45) is 1.60. The molecule has 0 aliphatic carbocycles. The second-order valence-corrected chi connectivity index (χ2v) is 8.20. The second-order valence-electron chi connectivity index (χ2n) is 4.78. The van der Waals surface area contributed by atoms with E-state index in [0.29, 0.717) is 20.8 Å². The van der Waals surface area contributed by atoms with Crippen molar-refractivity contribution in [2.24, 2.45) is 0 Å². The minimum Gasteiger partial charge on any atom is -0.229 e. The van der Waals surface area contributed by atoms with Crippen LogP contribution < -0.4 is 0 Å². The first kappa shape index (κ1) is 16.3. The smallest absolute Gasteiger partial charge is 0.128 e. The van der Waals surface area contributed by atoms with Crippen molar-refractivity contribution in [3.63, 3.8) is 0 Å². The lowest BCUT2D eigenvalue weighted by molar-refractivity contribution is 1.10. The van der Waals surface area contributed by atoms with Crippen LogP contribution in [0.2, 0.25) is 15.1 Å². The summed E-state index contributed by atoms with van der Waals surface area (Å²) in [5, 5.41) is 3.77. The lowest BCUT2D eigenvalue weighted by Crippen LogP contribution is -1.89. The summed E-state index contributed by atoms with van der Waals surface area (Å²) >= 11 is 21.7. The van der Waals surface area contributed by atoms with Crippen LogP contribution in [-0.4, -0.2) is 9.97 Å². The molecule has 0 radical (unpaired) electrons. The molecule has 0 aliphatic heterocycles. The minimum atomic E-state index is 0.539. The zero-order valence-corrected chi connectivity index (χ0v) is 15.7. The molecular formula is C15H11Cl3N2S2. The third-order valence-electron chi connectivity index (χ3n) is 3.39. The first-order valence-electron chi connectivity index (χ1n) is 6.44. The van der Waals surface area contributed by atoms with E-state index in [9.17, 15) is 0 Å². The summed E-state index contributed by atoms with van der Waals surface area (Å²) in [4.78, 5) is 11.0. The molecule has 0 atom stereocenters. The highest BCUT2D eigenvalue weighted by atomic mass is 35.5. The van der Waals surface area contributed by atoms with Gasteiger partial charge in [-0.15, -0.1) is 23.1 Å². The average Bonchev–Trinajstić information content (AvgIpc) is 2.73. The molecule has 2 heterocycles. The molecule has 0 amide bonds. The Labute approximate surface area is 151 Å². The van der Waals surface area contributed by atoms with Gasteiger partial charge in [0.15, 0.2) is 0 Å². The van der Waals surface area contributed by atoms with Gasteiger partial charge >= 0.3 is 0 Å². The van der Waals surface area contributed by atoms with Crippen molar-refractivity contribution in [2.75, 3.05) is 0 Å². The quantitative estimate of drug-likeness (QED) is 0.374. The summed E-state index contributed by atoms with van der Waals surface area (Å²) in [5.74, 6) is 0.634. The fraction of sp³-hybridized carbons (Fsp3) is 0.200. The van der Waals surface area contributed by atoms with Gasteiger partial charge in [-0.25, -0.2) is 9.97 Å². The zero-order valence-electron chi connectivity index (χ0n) is 11.8. The maximum absolute atomic E-state index is 6.24. The van der Waals surface area contributed by atoms with Crippen LogP contribution in [0.15, 0.2) is 23.5 Å². The molecule has 2 nitrogen and oxygen atoms in total. The SMILES string of the molecule is Cc1sc2ncnc(SCc3c(Cl)cc(Cl)cc3Cl)c2c1C. The predicted molar refractivity (Wildman–Crippen MR) is 97.9 cm³/mol. The number of rotatable bonds is 3. The molecule has 3 rings (SSSR count). The molecule has 7 heteroatoms. The molecular weight excluding hydrogens is 379 g/mol. The van der Waals surface area contributed by atoms with Crippen LogP contribution in [0, 0.1) is 13.8 Å². The van der Waals surface area contributed by atoms with Gasteiger partial charge in [-0.2, -0.15) is 0 Å². The monoisotopic (exact) mass is 388 g/mol. The van der Waals surface area contributed by atoms with Crippen molar-refractivity contribution in [3.8, 4) is 0 Å². The van der Waals surface area contributed by atoms with Crippen LogP contribution >= 0.6 is 57.9 Å². The highest BCUT2D eigenvalue weighted by Crippen LogP contribution is 2.38. The number of nitrogens with zero attached hydrogens (tertiary/aromatic N) is 2. The van der Waals surface area contributed by atoms with Crippen molar-refractivity contribution in [1.29, 1.82) is 0 Å². The van der Waals surface area contributed by atoms with Crippen molar-refractivity contribution < 1.29 is 0 Å². The van der Waals surface area contributed by atoms with E-state index in [-0.39, 0.29) is 0 Å². The number of thioether (sulfide) groups is 1. The van der Waals surface area contributed by atoms with Crippen molar-refractivity contribution in [2.45, 2.75) is 24.6 Å². The highest BCUT2D eigenvalue weighted by molar-refractivity contribution is 7.98. The lowest BCUT2D eigenvalue weighted by atomic mass is 10.2. The Kier molecular flexibility index (Phi) is 4.86. The Morgan fingerprint density at radius 1 is 1.09 bits per heavy atom. The van der Waals surface area contributed by atoms with Gasteiger partial charge in [-0.05, 0) is 37.1 Å². The summed E-state index contributed by atoms with van der Waals surface area (Å²) in [6, 6.07) is 3.42. The van der Waals surface area contributed by atoms with Gasteiger partial charge in [0.1, 0.15) is 16.2 Å². The van der Waals surface area contributed by atoms with E-state index in [1.165, 1.54) is 10.4 Å². The number of aromatic nitrogens is 2. The van der Waals surface area contributed by atoms with E-state index in [2.05, 4.69) is 23.8 Å². The molecule has 114 valence electrons. The van der Waals surface area contributed by atoms with E-state index in [0.717, 1.165) is 20.8 Å². The molecule has 0 bridgehead atoms. The summed E-state index contributed by atoms with van der Waals surface area (Å²) in [5.41, 5.74) is 2.10. The second kappa shape index (κ2) is 6.54. The van der Waals surface area contributed by atoms with Crippen LogP contribution in [0.5, 0.6) is 0 Å². The van der Waals surface area contributed by atoms with Gasteiger partial charge in [0.2, 0.25) is 0 Å². The topological polar surface area (TPSA) is 25.8 Å². The molecule has 3 aromatic rings. The summed E-state index contributed by atoms with van der Waals surface area (Å²) < 4.78 is 0. The molecule has 0 aliphatic rings. The van der Waals surface area contributed by atoms with Crippen LogP contribution in [0.1, 0.15) is 16.0 Å². The Hall–Kier alpha value is -0.520. The van der Waals surface area contributed by atoms with Crippen LogP contribution in [0.3, 0.4) is 0 Å². The molecule has 2 aromatic heterocycles. The number of benzene rings is 1. The third-order valence-corrected chi connectivity index (χ3v) is 6.41. The first-order chi connectivity index (χ1) is 10.5. The molecule has 0 spiro atoms. The van der Waals surface area contributed by atoms with Gasteiger partial charge in [0.25, 0.3) is 0 Å². The maximum Gasteiger partial charge on any atom is 0.128 e. The van der Waals surface area contributed by atoms with Crippen molar-refractivity contribution in [3.05, 3.63) is 49.5 Å². The maximum atomic E-state index is 6.24. The van der Waals surface area contributed by atoms with Gasteiger partial charge < -0.3 is 0 Å². The number of aryl methyl sites for hydroxylation is 2. The Balaban J connectivity index is 1.95. The number of fused-ring (bicyclic) bond motifs is 1. The molecule has 0 unspecified atom stereocenters. The van der Waals surface area contributed by atoms with Gasteiger partial charge in [0.05, 0.1) is 0 Å². The lowest BCUT2D eigenvalue weighted by Gasteiger charge is -2.08. The normalized spacial score (nSPS) is 11.3.